The summed E-state index contributed by atoms with van der Waals surface area (Å²) in [6.45, 7) is -0.310. The average molecular weight is 265 g/mol. The van der Waals surface area contributed by atoms with Gasteiger partial charge in [-0.15, -0.1) is 11.3 Å². The van der Waals surface area contributed by atoms with Crippen molar-refractivity contribution in [2.45, 2.75) is 24.6 Å². The van der Waals surface area contributed by atoms with Crippen LogP contribution in [0.5, 0.6) is 0 Å². The van der Waals surface area contributed by atoms with Crippen molar-refractivity contribution >= 4 is 11.3 Å². The minimum atomic E-state index is -4.15. The molecule has 1 aliphatic heterocycles. The van der Waals surface area contributed by atoms with Crippen LogP contribution in [0.1, 0.15) is 17.7 Å². The van der Waals surface area contributed by atoms with Gasteiger partial charge in [-0.3, -0.25) is 4.90 Å². The first-order valence-electron chi connectivity index (χ1n) is 5.45. The normalized spacial score (nSPS) is 21.6. The van der Waals surface area contributed by atoms with Crippen molar-refractivity contribution in [3.05, 3.63) is 22.4 Å². The maximum atomic E-state index is 12.2. The molecule has 1 saturated heterocycles. The first kappa shape index (κ1) is 12.9. The predicted molar refractivity (Wildman–Crippen MR) is 59.9 cm³/mol. The van der Waals surface area contributed by atoms with Crippen molar-refractivity contribution in [2.24, 2.45) is 0 Å². The molecule has 0 unspecified atom stereocenters. The van der Waals surface area contributed by atoms with Gasteiger partial charge in [0.15, 0.2) is 0 Å². The summed E-state index contributed by atoms with van der Waals surface area (Å²) in [5, 5.41) is 12.2. The molecule has 6 heteroatoms. The van der Waals surface area contributed by atoms with Crippen LogP contribution in [-0.2, 0) is 5.60 Å². The van der Waals surface area contributed by atoms with E-state index in [4.69, 9.17) is 0 Å². The number of likely N-dealkylation sites (tertiary alicyclic amines) is 1. The van der Waals surface area contributed by atoms with Gasteiger partial charge >= 0.3 is 6.18 Å². The van der Waals surface area contributed by atoms with Gasteiger partial charge in [-0.25, -0.2) is 0 Å². The molecule has 17 heavy (non-hydrogen) atoms. The molecule has 1 fully saturated rings. The number of thiophene rings is 1. The molecule has 2 rings (SSSR count). The highest BCUT2D eigenvalue weighted by Gasteiger charge is 2.38. The molecule has 1 N–H and O–H groups in total. The summed E-state index contributed by atoms with van der Waals surface area (Å²) in [6, 6.07) is 3.68. The van der Waals surface area contributed by atoms with Gasteiger partial charge < -0.3 is 5.11 Å². The largest absolute Gasteiger partial charge is 0.401 e. The van der Waals surface area contributed by atoms with Crippen molar-refractivity contribution in [2.75, 3.05) is 19.6 Å². The second-order valence-electron chi connectivity index (χ2n) is 4.40. The topological polar surface area (TPSA) is 23.5 Å². The summed E-state index contributed by atoms with van der Waals surface area (Å²) in [5.41, 5.74) is -0.934. The first-order valence-corrected chi connectivity index (χ1v) is 6.32. The minimum Gasteiger partial charge on any atom is -0.384 e. The van der Waals surface area contributed by atoms with Gasteiger partial charge in [0.05, 0.1) is 6.54 Å². The van der Waals surface area contributed by atoms with E-state index in [0.29, 0.717) is 12.8 Å². The molecule has 0 atom stereocenters. The number of halogens is 3. The van der Waals surface area contributed by atoms with Crippen LogP contribution in [-0.4, -0.2) is 35.8 Å². The molecule has 0 amide bonds. The van der Waals surface area contributed by atoms with E-state index in [2.05, 4.69) is 0 Å². The molecule has 0 bridgehead atoms. The van der Waals surface area contributed by atoms with Crippen LogP contribution in [0, 0.1) is 0 Å². The molecule has 0 aromatic carbocycles. The van der Waals surface area contributed by atoms with E-state index in [1.807, 2.05) is 17.5 Å². The van der Waals surface area contributed by atoms with Crippen molar-refractivity contribution in [3.8, 4) is 0 Å². The van der Waals surface area contributed by atoms with Gasteiger partial charge in [-0.05, 0) is 24.3 Å². The maximum absolute atomic E-state index is 12.2. The third-order valence-electron chi connectivity index (χ3n) is 3.07. The van der Waals surface area contributed by atoms with Crippen LogP contribution < -0.4 is 0 Å². The first-order chi connectivity index (χ1) is 7.89. The third kappa shape index (κ3) is 3.20. The van der Waals surface area contributed by atoms with Gasteiger partial charge in [-0.1, -0.05) is 6.07 Å². The third-order valence-corrected chi connectivity index (χ3v) is 4.13. The van der Waals surface area contributed by atoms with Crippen LogP contribution in [0.25, 0.3) is 0 Å². The lowest BCUT2D eigenvalue weighted by molar-refractivity contribution is -0.154. The number of piperidine rings is 1. The Balaban J connectivity index is 1.94. The van der Waals surface area contributed by atoms with Gasteiger partial charge in [-0.2, -0.15) is 13.2 Å². The second kappa shape index (κ2) is 4.59. The Labute approximate surface area is 102 Å². The van der Waals surface area contributed by atoms with E-state index in [9.17, 15) is 18.3 Å². The molecule has 2 nitrogen and oxygen atoms in total. The van der Waals surface area contributed by atoms with Crippen LogP contribution in [0.15, 0.2) is 17.5 Å². The highest BCUT2D eigenvalue weighted by atomic mass is 32.1. The fourth-order valence-corrected chi connectivity index (χ4v) is 3.01. The highest BCUT2D eigenvalue weighted by molar-refractivity contribution is 7.10. The number of alkyl halides is 3. The Morgan fingerprint density at radius 2 is 2.00 bits per heavy atom. The lowest BCUT2D eigenvalue weighted by Crippen LogP contribution is -2.45. The molecule has 0 aliphatic carbocycles. The summed E-state index contributed by atoms with van der Waals surface area (Å²) in [6.07, 6.45) is -3.43. The monoisotopic (exact) mass is 265 g/mol. The van der Waals surface area contributed by atoms with Crippen molar-refractivity contribution in [3.63, 3.8) is 0 Å². The lowest BCUT2D eigenvalue weighted by Gasteiger charge is -2.37. The Hall–Kier alpha value is -0.590. The quantitative estimate of drug-likeness (QED) is 0.888. The second-order valence-corrected chi connectivity index (χ2v) is 5.35. The summed E-state index contributed by atoms with van der Waals surface area (Å²) < 4.78 is 36.6. The fraction of sp³-hybridized carbons (Fsp3) is 0.636. The molecule has 1 aromatic rings. The van der Waals surface area contributed by atoms with E-state index < -0.39 is 18.3 Å². The van der Waals surface area contributed by atoms with Crippen LogP contribution in [0.2, 0.25) is 0 Å². The molecule has 0 saturated carbocycles. The lowest BCUT2D eigenvalue weighted by atomic mass is 9.90. The van der Waals surface area contributed by atoms with Crippen molar-refractivity contribution in [1.29, 1.82) is 0 Å². The molecule has 1 aliphatic rings. The maximum Gasteiger partial charge on any atom is 0.401 e. The molecule has 1 aromatic heterocycles. The number of aliphatic hydroxyl groups is 1. The zero-order valence-corrected chi connectivity index (χ0v) is 10.0. The summed E-state index contributed by atoms with van der Waals surface area (Å²) >= 11 is 1.45. The van der Waals surface area contributed by atoms with Crippen molar-refractivity contribution in [1.82, 2.24) is 4.90 Å². The number of hydrogen-bond acceptors (Lipinski definition) is 3. The van der Waals surface area contributed by atoms with E-state index in [0.717, 1.165) is 4.88 Å². The fourth-order valence-electron chi connectivity index (χ4n) is 2.12. The van der Waals surface area contributed by atoms with Crippen LogP contribution in [0.4, 0.5) is 13.2 Å². The average Bonchev–Trinajstić information content (AvgIpc) is 2.73. The zero-order valence-electron chi connectivity index (χ0n) is 9.20. The molecular formula is C11H14F3NOS. The van der Waals surface area contributed by atoms with E-state index in [1.165, 1.54) is 16.2 Å². The van der Waals surface area contributed by atoms with Crippen LogP contribution >= 0.6 is 11.3 Å². The number of hydrogen-bond donors (Lipinski definition) is 1. The van der Waals surface area contributed by atoms with E-state index >= 15 is 0 Å². The number of nitrogens with zero attached hydrogens (tertiary/aromatic N) is 1. The SMILES string of the molecule is OC1(c2cccs2)CCN(CC(F)(F)F)CC1. The predicted octanol–water partition coefficient (Wildman–Crippen LogP) is 2.59. The standard InChI is InChI=1S/C11H14F3NOS/c12-11(13,14)8-15-5-3-10(16,4-6-15)9-2-1-7-17-9/h1-2,7,16H,3-6,8H2. The van der Waals surface area contributed by atoms with Crippen molar-refractivity contribution < 1.29 is 18.3 Å². The van der Waals surface area contributed by atoms with Gasteiger partial charge in [0.2, 0.25) is 0 Å². The molecule has 96 valence electrons. The van der Waals surface area contributed by atoms with Gasteiger partial charge in [0.1, 0.15) is 5.60 Å². The Morgan fingerprint density at radius 3 is 2.47 bits per heavy atom. The minimum absolute atomic E-state index is 0.286. The Bertz CT molecular complexity index is 355. The summed E-state index contributed by atoms with van der Waals surface area (Å²) in [7, 11) is 0. The molecular weight excluding hydrogens is 251 g/mol. The van der Waals surface area contributed by atoms with Crippen LogP contribution in [0.3, 0.4) is 0 Å². The summed E-state index contributed by atoms with van der Waals surface area (Å²) in [4.78, 5) is 2.20. The summed E-state index contributed by atoms with van der Waals surface area (Å²) in [5.74, 6) is 0. The smallest absolute Gasteiger partial charge is 0.384 e. The molecule has 0 radical (unpaired) electrons. The van der Waals surface area contributed by atoms with E-state index in [-0.39, 0.29) is 13.1 Å². The van der Waals surface area contributed by atoms with Gasteiger partial charge in [0.25, 0.3) is 0 Å². The Kier molecular flexibility index (Phi) is 3.47. The van der Waals surface area contributed by atoms with E-state index in [1.54, 1.807) is 0 Å². The number of rotatable bonds is 2. The molecule has 0 spiro atoms. The highest BCUT2D eigenvalue weighted by Crippen LogP contribution is 2.36. The zero-order chi connectivity index (χ0) is 12.5. The van der Waals surface area contributed by atoms with Gasteiger partial charge in [0, 0.05) is 18.0 Å². The Morgan fingerprint density at radius 1 is 1.35 bits per heavy atom. The molecule has 2 heterocycles.